The van der Waals surface area contributed by atoms with Crippen LogP contribution < -0.4 is 4.74 Å². The molecule has 4 heteroatoms. The Balaban J connectivity index is 2.09. The highest BCUT2D eigenvalue weighted by Crippen LogP contribution is 2.08. The van der Waals surface area contributed by atoms with E-state index in [9.17, 15) is 4.79 Å². The van der Waals surface area contributed by atoms with E-state index in [4.69, 9.17) is 16.3 Å². The second-order valence-electron chi connectivity index (χ2n) is 4.48. The SMILES string of the molecule is CN(CCCOc1ccccc1)C(=O)CCCCCl. The summed E-state index contributed by atoms with van der Waals surface area (Å²) in [6, 6.07) is 9.71. The summed E-state index contributed by atoms with van der Waals surface area (Å²) in [5, 5.41) is 0. The van der Waals surface area contributed by atoms with Crippen molar-refractivity contribution in [3.8, 4) is 5.75 Å². The first-order chi connectivity index (χ1) is 9.24. The number of carbonyl (C=O) groups excluding carboxylic acids is 1. The molecule has 0 unspecified atom stereocenters. The first kappa shape index (κ1) is 15.8. The van der Waals surface area contributed by atoms with Crippen LogP contribution >= 0.6 is 11.6 Å². The summed E-state index contributed by atoms with van der Waals surface area (Å²) < 4.78 is 5.58. The number of alkyl halides is 1. The highest BCUT2D eigenvalue weighted by Gasteiger charge is 2.07. The Hall–Kier alpha value is -1.22. The smallest absolute Gasteiger partial charge is 0.222 e. The fourth-order valence-electron chi connectivity index (χ4n) is 1.69. The van der Waals surface area contributed by atoms with Crippen LogP contribution in [0.25, 0.3) is 0 Å². The monoisotopic (exact) mass is 283 g/mol. The normalized spacial score (nSPS) is 10.2. The third kappa shape index (κ3) is 7.06. The second kappa shape index (κ2) is 9.68. The number of rotatable bonds is 9. The quantitative estimate of drug-likeness (QED) is 0.514. The molecule has 0 aliphatic heterocycles. The van der Waals surface area contributed by atoms with E-state index in [1.807, 2.05) is 37.4 Å². The molecule has 3 nitrogen and oxygen atoms in total. The fourth-order valence-corrected chi connectivity index (χ4v) is 1.88. The number of benzene rings is 1. The number of halogens is 1. The standard InChI is InChI=1S/C15H22ClNO2/c1-17(15(18)10-5-6-11-16)12-7-13-19-14-8-3-2-4-9-14/h2-4,8-9H,5-7,10-13H2,1H3. The molecule has 1 aromatic rings. The van der Waals surface area contributed by atoms with Crippen molar-refractivity contribution in [1.29, 1.82) is 0 Å². The van der Waals surface area contributed by atoms with Crippen molar-refractivity contribution < 1.29 is 9.53 Å². The van der Waals surface area contributed by atoms with Crippen LogP contribution in [0.2, 0.25) is 0 Å². The van der Waals surface area contributed by atoms with Gasteiger partial charge >= 0.3 is 0 Å². The Labute approximate surface area is 120 Å². The van der Waals surface area contributed by atoms with E-state index in [0.29, 0.717) is 18.9 Å². The molecule has 0 fully saturated rings. The highest BCUT2D eigenvalue weighted by molar-refractivity contribution is 6.17. The molecule has 1 amide bonds. The van der Waals surface area contributed by atoms with Gasteiger partial charge in [0.05, 0.1) is 6.61 Å². The van der Waals surface area contributed by atoms with Crippen LogP contribution in [0.1, 0.15) is 25.7 Å². The number of para-hydroxylation sites is 1. The van der Waals surface area contributed by atoms with Crippen LogP contribution in [0.15, 0.2) is 30.3 Å². The minimum atomic E-state index is 0.185. The van der Waals surface area contributed by atoms with Crippen molar-refractivity contribution in [1.82, 2.24) is 4.90 Å². The summed E-state index contributed by atoms with van der Waals surface area (Å²) in [5.41, 5.74) is 0. The lowest BCUT2D eigenvalue weighted by atomic mass is 10.2. The largest absolute Gasteiger partial charge is 0.494 e. The van der Waals surface area contributed by atoms with E-state index in [2.05, 4.69) is 0 Å². The number of hydrogen-bond donors (Lipinski definition) is 0. The molecule has 0 aliphatic carbocycles. The lowest BCUT2D eigenvalue weighted by molar-refractivity contribution is -0.130. The predicted octanol–water partition coefficient (Wildman–Crippen LogP) is 3.32. The zero-order chi connectivity index (χ0) is 13.9. The number of ether oxygens (including phenoxy) is 1. The average molecular weight is 284 g/mol. The first-order valence-corrected chi connectivity index (χ1v) is 7.25. The molecule has 0 aromatic heterocycles. The number of carbonyl (C=O) groups is 1. The predicted molar refractivity (Wildman–Crippen MR) is 78.8 cm³/mol. The van der Waals surface area contributed by atoms with Crippen molar-refractivity contribution >= 4 is 17.5 Å². The Morgan fingerprint density at radius 3 is 2.63 bits per heavy atom. The van der Waals surface area contributed by atoms with Gasteiger partial charge in [-0.3, -0.25) is 4.79 Å². The van der Waals surface area contributed by atoms with Gasteiger partial charge in [0.25, 0.3) is 0 Å². The van der Waals surface area contributed by atoms with Crippen LogP contribution in [-0.2, 0) is 4.79 Å². The molecule has 0 saturated heterocycles. The Kier molecular flexibility index (Phi) is 8.07. The molecule has 0 atom stereocenters. The maximum atomic E-state index is 11.7. The molecule has 106 valence electrons. The van der Waals surface area contributed by atoms with Crippen molar-refractivity contribution in [3.63, 3.8) is 0 Å². The van der Waals surface area contributed by atoms with Crippen LogP contribution in [0.4, 0.5) is 0 Å². The van der Waals surface area contributed by atoms with Gasteiger partial charge in [-0.15, -0.1) is 11.6 Å². The van der Waals surface area contributed by atoms with E-state index in [0.717, 1.165) is 31.6 Å². The first-order valence-electron chi connectivity index (χ1n) is 6.72. The Morgan fingerprint density at radius 1 is 1.21 bits per heavy atom. The topological polar surface area (TPSA) is 29.5 Å². The average Bonchev–Trinajstić information content (AvgIpc) is 2.44. The fraction of sp³-hybridized carbons (Fsp3) is 0.533. The molecule has 1 rings (SSSR count). The van der Waals surface area contributed by atoms with Gasteiger partial charge in [-0.25, -0.2) is 0 Å². The van der Waals surface area contributed by atoms with Crippen LogP contribution in [0.5, 0.6) is 5.75 Å². The van der Waals surface area contributed by atoms with E-state index >= 15 is 0 Å². The van der Waals surface area contributed by atoms with Gasteiger partial charge in [-0.05, 0) is 31.4 Å². The molecule has 0 bridgehead atoms. The summed E-state index contributed by atoms with van der Waals surface area (Å²) in [5.74, 6) is 1.69. The van der Waals surface area contributed by atoms with E-state index in [1.165, 1.54) is 0 Å². The number of nitrogens with zero attached hydrogens (tertiary/aromatic N) is 1. The van der Waals surface area contributed by atoms with Crippen molar-refractivity contribution in [3.05, 3.63) is 30.3 Å². The molecule has 0 N–H and O–H groups in total. The van der Waals surface area contributed by atoms with Gasteiger partial charge in [0.15, 0.2) is 0 Å². The Bertz CT molecular complexity index is 356. The lowest BCUT2D eigenvalue weighted by Gasteiger charge is -2.17. The molecule has 0 aliphatic rings. The third-order valence-corrected chi connectivity index (χ3v) is 3.12. The zero-order valence-electron chi connectivity index (χ0n) is 11.5. The summed E-state index contributed by atoms with van der Waals surface area (Å²) in [6.07, 6.45) is 3.20. The third-order valence-electron chi connectivity index (χ3n) is 2.85. The van der Waals surface area contributed by atoms with Gasteiger partial charge in [0, 0.05) is 25.9 Å². The minimum Gasteiger partial charge on any atom is -0.494 e. The van der Waals surface area contributed by atoms with Gasteiger partial charge in [-0.1, -0.05) is 18.2 Å². The molecule has 0 radical (unpaired) electrons. The van der Waals surface area contributed by atoms with Gasteiger partial charge in [-0.2, -0.15) is 0 Å². The number of hydrogen-bond acceptors (Lipinski definition) is 2. The number of amides is 1. The Morgan fingerprint density at radius 2 is 1.95 bits per heavy atom. The molecular weight excluding hydrogens is 262 g/mol. The molecule has 19 heavy (non-hydrogen) atoms. The van der Waals surface area contributed by atoms with E-state index < -0.39 is 0 Å². The molecule has 1 aromatic carbocycles. The van der Waals surface area contributed by atoms with Gasteiger partial charge < -0.3 is 9.64 Å². The summed E-state index contributed by atoms with van der Waals surface area (Å²) >= 11 is 5.58. The van der Waals surface area contributed by atoms with Crippen LogP contribution in [-0.4, -0.2) is 36.9 Å². The summed E-state index contributed by atoms with van der Waals surface area (Å²) in [4.78, 5) is 13.5. The number of unbranched alkanes of at least 4 members (excludes halogenated alkanes) is 1. The molecule has 0 heterocycles. The zero-order valence-corrected chi connectivity index (χ0v) is 12.2. The van der Waals surface area contributed by atoms with E-state index in [1.54, 1.807) is 4.90 Å². The van der Waals surface area contributed by atoms with Crippen molar-refractivity contribution in [2.75, 3.05) is 26.1 Å². The van der Waals surface area contributed by atoms with Gasteiger partial charge in [0.1, 0.15) is 5.75 Å². The summed E-state index contributed by atoms with van der Waals surface area (Å²) in [7, 11) is 1.84. The maximum Gasteiger partial charge on any atom is 0.222 e. The minimum absolute atomic E-state index is 0.185. The molecule has 0 saturated carbocycles. The maximum absolute atomic E-state index is 11.7. The summed E-state index contributed by atoms with van der Waals surface area (Å²) in [6.45, 7) is 1.36. The molecular formula is C15H22ClNO2. The van der Waals surface area contributed by atoms with E-state index in [-0.39, 0.29) is 5.91 Å². The van der Waals surface area contributed by atoms with Crippen LogP contribution in [0.3, 0.4) is 0 Å². The van der Waals surface area contributed by atoms with Crippen molar-refractivity contribution in [2.45, 2.75) is 25.7 Å². The lowest BCUT2D eigenvalue weighted by Crippen LogP contribution is -2.28. The van der Waals surface area contributed by atoms with Crippen LogP contribution in [0, 0.1) is 0 Å². The van der Waals surface area contributed by atoms with Gasteiger partial charge in [0.2, 0.25) is 5.91 Å². The van der Waals surface area contributed by atoms with Crippen molar-refractivity contribution in [2.24, 2.45) is 0 Å². The molecule has 0 spiro atoms. The second-order valence-corrected chi connectivity index (χ2v) is 4.85. The highest BCUT2D eigenvalue weighted by atomic mass is 35.5.